The van der Waals surface area contributed by atoms with Crippen LogP contribution in [-0.4, -0.2) is 11.8 Å². The van der Waals surface area contributed by atoms with E-state index in [-0.39, 0.29) is 17.9 Å². The van der Waals surface area contributed by atoms with Crippen molar-refractivity contribution in [2.75, 3.05) is 0 Å². The highest BCUT2D eigenvalue weighted by atomic mass is 16.5. The summed E-state index contributed by atoms with van der Waals surface area (Å²) < 4.78 is 5.97. The number of para-hydroxylation sites is 1. The molecule has 0 aliphatic carbocycles. The van der Waals surface area contributed by atoms with Gasteiger partial charge in [0.1, 0.15) is 11.9 Å². The Bertz CT molecular complexity index is 694. The van der Waals surface area contributed by atoms with E-state index in [2.05, 4.69) is 5.32 Å². The highest BCUT2D eigenvalue weighted by molar-refractivity contribution is 6.22. The summed E-state index contributed by atoms with van der Waals surface area (Å²) >= 11 is 0. The van der Waals surface area contributed by atoms with E-state index in [1.165, 1.54) is 0 Å². The van der Waals surface area contributed by atoms with Crippen LogP contribution in [0.1, 0.15) is 45.7 Å². The van der Waals surface area contributed by atoms with Crippen molar-refractivity contribution >= 4 is 11.8 Å². The molecule has 4 heteroatoms. The average Bonchev–Trinajstić information content (AvgIpc) is 2.81. The predicted molar refractivity (Wildman–Crippen MR) is 78.3 cm³/mol. The van der Waals surface area contributed by atoms with Crippen LogP contribution < -0.4 is 10.1 Å². The second-order valence-corrected chi connectivity index (χ2v) is 4.88. The summed E-state index contributed by atoms with van der Waals surface area (Å²) in [6.45, 7) is 1.99. The lowest BCUT2D eigenvalue weighted by molar-refractivity contribution is 0.0878. The van der Waals surface area contributed by atoms with Gasteiger partial charge in [-0.05, 0) is 24.6 Å². The molecule has 0 spiro atoms. The van der Waals surface area contributed by atoms with Gasteiger partial charge in [-0.3, -0.25) is 14.9 Å². The Morgan fingerprint density at radius 2 is 1.76 bits per heavy atom. The Morgan fingerprint density at radius 1 is 1.00 bits per heavy atom. The van der Waals surface area contributed by atoms with Crippen molar-refractivity contribution in [3.05, 3.63) is 65.2 Å². The third kappa shape index (κ3) is 2.40. The summed E-state index contributed by atoms with van der Waals surface area (Å²) in [5, 5.41) is 2.33. The molecule has 0 aromatic heterocycles. The van der Waals surface area contributed by atoms with Gasteiger partial charge < -0.3 is 4.74 Å². The molecule has 0 saturated carbocycles. The first-order valence-corrected chi connectivity index (χ1v) is 6.91. The van der Waals surface area contributed by atoms with Gasteiger partial charge in [-0.2, -0.15) is 0 Å². The Balaban J connectivity index is 1.99. The normalized spacial score (nSPS) is 14.5. The fourth-order valence-corrected chi connectivity index (χ4v) is 2.54. The third-order valence-corrected chi connectivity index (χ3v) is 3.53. The molecule has 0 bridgehead atoms. The summed E-state index contributed by atoms with van der Waals surface area (Å²) in [5.41, 5.74) is 1.61. The second-order valence-electron chi connectivity index (χ2n) is 4.88. The molecule has 1 aliphatic heterocycles. The molecule has 4 nitrogen and oxygen atoms in total. The van der Waals surface area contributed by atoms with E-state index in [0.29, 0.717) is 17.5 Å². The lowest BCUT2D eigenvalue weighted by Crippen LogP contribution is -2.21. The maximum absolute atomic E-state index is 12.0. The van der Waals surface area contributed by atoms with Crippen LogP contribution in [0.2, 0.25) is 0 Å². The van der Waals surface area contributed by atoms with Crippen molar-refractivity contribution < 1.29 is 14.3 Å². The first-order chi connectivity index (χ1) is 10.2. The summed E-state index contributed by atoms with van der Waals surface area (Å²) in [5.74, 6) is 0.0545. The maximum Gasteiger partial charge on any atom is 0.259 e. The highest BCUT2D eigenvalue weighted by Gasteiger charge is 2.31. The van der Waals surface area contributed by atoms with Gasteiger partial charge in [0.25, 0.3) is 11.8 Å². The van der Waals surface area contributed by atoms with Crippen molar-refractivity contribution in [3.8, 4) is 5.75 Å². The number of hydrogen-bond acceptors (Lipinski definition) is 3. The van der Waals surface area contributed by atoms with Crippen molar-refractivity contribution in [1.29, 1.82) is 0 Å². The first kappa shape index (κ1) is 13.4. The Morgan fingerprint density at radius 3 is 2.48 bits per heavy atom. The largest absolute Gasteiger partial charge is 0.486 e. The number of fused-ring (bicyclic) bond motifs is 1. The first-order valence-electron chi connectivity index (χ1n) is 6.91. The molecule has 0 fully saturated rings. The van der Waals surface area contributed by atoms with Gasteiger partial charge in [-0.15, -0.1) is 0 Å². The average molecular weight is 281 g/mol. The zero-order valence-electron chi connectivity index (χ0n) is 11.6. The third-order valence-electron chi connectivity index (χ3n) is 3.53. The molecule has 2 amide bonds. The molecule has 2 aromatic rings. The number of hydrogen-bond donors (Lipinski definition) is 1. The highest BCUT2D eigenvalue weighted by Crippen LogP contribution is 2.30. The van der Waals surface area contributed by atoms with E-state index in [0.717, 1.165) is 11.3 Å². The van der Waals surface area contributed by atoms with Crippen molar-refractivity contribution in [3.63, 3.8) is 0 Å². The van der Waals surface area contributed by atoms with Crippen LogP contribution in [0.15, 0.2) is 48.5 Å². The van der Waals surface area contributed by atoms with Gasteiger partial charge in [-0.1, -0.05) is 37.3 Å². The van der Waals surface area contributed by atoms with Crippen LogP contribution in [0.25, 0.3) is 0 Å². The summed E-state index contributed by atoms with van der Waals surface area (Å²) in [6.07, 6.45) is 0.436. The van der Waals surface area contributed by atoms with Crippen molar-refractivity contribution in [1.82, 2.24) is 5.32 Å². The number of rotatable bonds is 4. The number of nitrogens with one attached hydrogen (secondary N) is 1. The van der Waals surface area contributed by atoms with Crippen LogP contribution >= 0.6 is 0 Å². The number of benzene rings is 2. The van der Waals surface area contributed by atoms with Crippen LogP contribution in [0.5, 0.6) is 5.75 Å². The molecule has 1 heterocycles. The topological polar surface area (TPSA) is 55.4 Å². The van der Waals surface area contributed by atoms with E-state index >= 15 is 0 Å². The quantitative estimate of drug-likeness (QED) is 0.876. The minimum Gasteiger partial charge on any atom is -0.486 e. The Hall–Kier alpha value is -2.62. The SMILES string of the molecule is CCC(Oc1ccccc1)c1cccc2c1C(=O)NC2=O. The number of amides is 2. The molecule has 106 valence electrons. The lowest BCUT2D eigenvalue weighted by Gasteiger charge is -2.19. The smallest absolute Gasteiger partial charge is 0.259 e. The van der Waals surface area contributed by atoms with Crippen molar-refractivity contribution in [2.24, 2.45) is 0 Å². The monoisotopic (exact) mass is 281 g/mol. The van der Waals surface area contributed by atoms with E-state index in [9.17, 15) is 9.59 Å². The molecule has 0 radical (unpaired) electrons. The summed E-state index contributed by atoms with van der Waals surface area (Å²) in [6, 6.07) is 14.7. The molecule has 1 aliphatic rings. The van der Waals surface area contributed by atoms with Gasteiger partial charge >= 0.3 is 0 Å². The van der Waals surface area contributed by atoms with E-state index in [1.807, 2.05) is 43.3 Å². The van der Waals surface area contributed by atoms with Gasteiger partial charge in [0.2, 0.25) is 0 Å². The van der Waals surface area contributed by atoms with E-state index in [1.54, 1.807) is 12.1 Å². The summed E-state index contributed by atoms with van der Waals surface area (Å²) in [4.78, 5) is 23.7. The minimum absolute atomic E-state index is 0.265. The number of carbonyl (C=O) groups excluding carboxylic acids is 2. The van der Waals surface area contributed by atoms with Crippen molar-refractivity contribution in [2.45, 2.75) is 19.4 Å². The van der Waals surface area contributed by atoms with E-state index in [4.69, 9.17) is 4.74 Å². The molecular weight excluding hydrogens is 266 g/mol. The zero-order valence-corrected chi connectivity index (χ0v) is 11.6. The fraction of sp³-hybridized carbons (Fsp3) is 0.176. The van der Waals surface area contributed by atoms with Gasteiger partial charge in [0, 0.05) is 5.56 Å². The minimum atomic E-state index is -0.347. The lowest BCUT2D eigenvalue weighted by atomic mass is 9.97. The maximum atomic E-state index is 12.0. The van der Waals surface area contributed by atoms with Gasteiger partial charge in [0.15, 0.2) is 0 Å². The second kappa shape index (κ2) is 5.40. The Labute approximate surface area is 122 Å². The molecule has 1 unspecified atom stereocenters. The molecule has 2 aromatic carbocycles. The molecular formula is C17H15NO3. The van der Waals surface area contributed by atoms with Crippen LogP contribution in [-0.2, 0) is 0 Å². The number of carbonyl (C=O) groups is 2. The van der Waals surface area contributed by atoms with Crippen LogP contribution in [0.3, 0.4) is 0 Å². The van der Waals surface area contributed by atoms with Crippen LogP contribution in [0, 0.1) is 0 Å². The zero-order chi connectivity index (χ0) is 14.8. The molecule has 1 N–H and O–H groups in total. The summed E-state index contributed by atoms with van der Waals surface area (Å²) in [7, 11) is 0. The molecule has 3 rings (SSSR count). The molecule has 21 heavy (non-hydrogen) atoms. The number of ether oxygens (including phenoxy) is 1. The van der Waals surface area contributed by atoms with Crippen LogP contribution in [0.4, 0.5) is 0 Å². The van der Waals surface area contributed by atoms with E-state index < -0.39 is 0 Å². The number of imide groups is 1. The molecule has 1 atom stereocenters. The standard InChI is InChI=1S/C17H15NO3/c1-2-14(21-11-7-4-3-5-8-11)12-9-6-10-13-15(12)17(20)18-16(13)19/h3-10,14H,2H2,1H3,(H,18,19,20). The van der Waals surface area contributed by atoms with Gasteiger partial charge in [0.05, 0.1) is 11.1 Å². The Kier molecular flexibility index (Phi) is 3.44. The van der Waals surface area contributed by atoms with Gasteiger partial charge in [-0.25, -0.2) is 0 Å². The predicted octanol–water partition coefficient (Wildman–Crippen LogP) is 3.10. The molecule has 0 saturated heterocycles. The fourth-order valence-electron chi connectivity index (χ4n) is 2.54.